The molecule has 5 heteroatoms. The lowest BCUT2D eigenvalue weighted by Gasteiger charge is -1.89. The normalized spacial score (nSPS) is 9.33. The first-order valence-corrected chi connectivity index (χ1v) is 5.64. The van der Waals surface area contributed by atoms with E-state index in [1.165, 1.54) is 8.93 Å². The van der Waals surface area contributed by atoms with Crippen molar-refractivity contribution in [3.8, 4) is 0 Å². The van der Waals surface area contributed by atoms with E-state index in [-0.39, 0.29) is 6.42 Å². The Hall–Kier alpha value is 0.610. The van der Waals surface area contributed by atoms with E-state index in [1.54, 1.807) is 0 Å². The fraction of sp³-hybridized carbons (Fsp3) is 0.500. The van der Waals surface area contributed by atoms with Crippen LogP contribution in [0.15, 0.2) is 11.9 Å². The molecule has 0 nitrogen and oxygen atoms in total. The van der Waals surface area contributed by atoms with Crippen molar-refractivity contribution in [3.63, 3.8) is 0 Å². The topological polar surface area (TPSA) is 0 Å². The zero-order valence-corrected chi connectivity index (χ0v) is 7.31. The van der Waals surface area contributed by atoms with Gasteiger partial charge in [0.2, 0.25) is 0 Å². The molecule has 0 aromatic heterocycles. The minimum Gasteiger partial charge on any atom is -0.206 e. The van der Waals surface area contributed by atoms with Crippen LogP contribution in [-0.2, 0) is 0 Å². The molecule has 0 aliphatic rings. The molecular formula is C4H4F3IS. The number of rotatable bonds is 3. The summed E-state index contributed by atoms with van der Waals surface area (Å²) < 4.78 is 34.3. The molecule has 0 aliphatic carbocycles. The Balaban J connectivity index is 3.50. The van der Waals surface area contributed by atoms with E-state index in [1.807, 2.05) is 21.2 Å². The van der Waals surface area contributed by atoms with Crippen molar-refractivity contribution in [1.29, 1.82) is 0 Å². The molecule has 0 rings (SSSR count). The SMILES string of the molecule is FC(F)=C(F)CCSI. The Bertz CT molecular complexity index is 110. The highest BCUT2D eigenvalue weighted by atomic mass is 127. The van der Waals surface area contributed by atoms with Gasteiger partial charge in [-0.15, -0.1) is 0 Å². The van der Waals surface area contributed by atoms with Gasteiger partial charge < -0.3 is 0 Å². The Morgan fingerprint density at radius 2 is 1.89 bits per heavy atom. The third-order valence-electron chi connectivity index (χ3n) is 0.604. The van der Waals surface area contributed by atoms with Crippen molar-refractivity contribution in [2.75, 3.05) is 5.75 Å². The lowest BCUT2D eigenvalue weighted by molar-refractivity contribution is 0.373. The quantitative estimate of drug-likeness (QED) is 0.705. The zero-order chi connectivity index (χ0) is 7.28. The Kier molecular flexibility index (Phi) is 5.77. The minimum atomic E-state index is -2.19. The maximum Gasteiger partial charge on any atom is 0.301 e. The van der Waals surface area contributed by atoms with Gasteiger partial charge in [0.05, 0.1) is 0 Å². The van der Waals surface area contributed by atoms with Gasteiger partial charge >= 0.3 is 6.08 Å². The lowest BCUT2D eigenvalue weighted by atomic mass is 10.4. The summed E-state index contributed by atoms with van der Waals surface area (Å²) in [5.41, 5.74) is 0. The first kappa shape index (κ1) is 9.61. The molecule has 0 N–H and O–H groups in total. The molecule has 0 unspecified atom stereocenters. The molecule has 0 spiro atoms. The van der Waals surface area contributed by atoms with E-state index in [0.717, 1.165) is 0 Å². The number of allylic oxidation sites excluding steroid dienone is 1. The van der Waals surface area contributed by atoms with Crippen molar-refractivity contribution in [2.45, 2.75) is 6.42 Å². The van der Waals surface area contributed by atoms with Crippen LogP contribution in [0.2, 0.25) is 0 Å². The molecule has 0 aromatic rings. The average Bonchev–Trinajstić information content (AvgIpc) is 1.82. The second-order valence-corrected chi connectivity index (χ2v) is 3.72. The molecule has 54 valence electrons. The van der Waals surface area contributed by atoms with Gasteiger partial charge in [0.1, 0.15) is 0 Å². The van der Waals surface area contributed by atoms with Crippen LogP contribution in [0.5, 0.6) is 0 Å². The summed E-state index contributed by atoms with van der Waals surface area (Å²) in [7, 11) is 1.31. The van der Waals surface area contributed by atoms with E-state index in [4.69, 9.17) is 0 Å². The molecule has 9 heavy (non-hydrogen) atoms. The highest BCUT2D eigenvalue weighted by Crippen LogP contribution is 2.19. The van der Waals surface area contributed by atoms with Crippen LogP contribution >= 0.6 is 30.1 Å². The average molecular weight is 268 g/mol. The van der Waals surface area contributed by atoms with Gasteiger partial charge in [0.15, 0.2) is 5.83 Å². The van der Waals surface area contributed by atoms with Crippen molar-refractivity contribution in [3.05, 3.63) is 11.9 Å². The predicted molar refractivity (Wildman–Crippen MR) is 41.4 cm³/mol. The van der Waals surface area contributed by atoms with Gasteiger partial charge in [0, 0.05) is 12.2 Å². The fourth-order valence-corrected chi connectivity index (χ4v) is 1.14. The van der Waals surface area contributed by atoms with Gasteiger partial charge in [-0.25, -0.2) is 4.39 Å². The highest BCUT2D eigenvalue weighted by Gasteiger charge is 2.02. The summed E-state index contributed by atoms with van der Waals surface area (Å²) in [6, 6.07) is 0. The summed E-state index contributed by atoms with van der Waals surface area (Å²) in [5, 5.41) is 0. The molecule has 0 bridgehead atoms. The van der Waals surface area contributed by atoms with Gasteiger partial charge in [-0.3, -0.25) is 0 Å². The molecule has 0 saturated carbocycles. The molecule has 0 amide bonds. The van der Waals surface area contributed by atoms with Gasteiger partial charge in [-0.2, -0.15) is 8.78 Å². The highest BCUT2D eigenvalue weighted by molar-refractivity contribution is 14.2. The molecular weight excluding hydrogens is 264 g/mol. The largest absolute Gasteiger partial charge is 0.301 e. The Morgan fingerprint density at radius 1 is 1.33 bits per heavy atom. The Labute approximate surface area is 67.5 Å². The third-order valence-corrected chi connectivity index (χ3v) is 2.28. The summed E-state index contributed by atoms with van der Waals surface area (Å²) in [6.45, 7) is 0. The smallest absolute Gasteiger partial charge is 0.206 e. The van der Waals surface area contributed by atoms with E-state index in [0.29, 0.717) is 5.75 Å². The summed E-state index contributed by atoms with van der Waals surface area (Å²) >= 11 is 1.93. The van der Waals surface area contributed by atoms with Crippen molar-refractivity contribution < 1.29 is 13.2 Å². The van der Waals surface area contributed by atoms with Crippen LogP contribution in [-0.4, -0.2) is 5.75 Å². The summed E-state index contributed by atoms with van der Waals surface area (Å²) in [6.07, 6.45) is -2.36. The molecule has 0 aliphatic heterocycles. The van der Waals surface area contributed by atoms with Crippen molar-refractivity contribution >= 4 is 30.1 Å². The zero-order valence-electron chi connectivity index (χ0n) is 4.33. The van der Waals surface area contributed by atoms with E-state index in [9.17, 15) is 13.2 Å². The molecule has 0 saturated heterocycles. The van der Waals surface area contributed by atoms with E-state index in [2.05, 4.69) is 0 Å². The second kappa shape index (κ2) is 5.40. The van der Waals surface area contributed by atoms with Crippen LogP contribution in [0.1, 0.15) is 6.42 Å². The van der Waals surface area contributed by atoms with Crippen LogP contribution < -0.4 is 0 Å². The van der Waals surface area contributed by atoms with E-state index < -0.39 is 11.9 Å². The second-order valence-electron chi connectivity index (χ2n) is 1.23. The van der Waals surface area contributed by atoms with Crippen LogP contribution in [0, 0.1) is 0 Å². The number of halogens is 4. The Morgan fingerprint density at radius 3 is 2.22 bits per heavy atom. The van der Waals surface area contributed by atoms with Crippen LogP contribution in [0.25, 0.3) is 0 Å². The van der Waals surface area contributed by atoms with E-state index >= 15 is 0 Å². The van der Waals surface area contributed by atoms with Crippen molar-refractivity contribution in [1.82, 2.24) is 0 Å². The summed E-state index contributed by atoms with van der Waals surface area (Å²) in [5.74, 6) is -0.900. The maximum atomic E-state index is 11.8. The third kappa shape index (κ3) is 5.07. The molecule has 0 atom stereocenters. The first-order chi connectivity index (χ1) is 4.18. The minimum absolute atomic E-state index is 0.171. The lowest BCUT2D eigenvalue weighted by Crippen LogP contribution is -1.78. The molecule has 0 radical (unpaired) electrons. The predicted octanol–water partition coefficient (Wildman–Crippen LogP) is 3.54. The van der Waals surface area contributed by atoms with Gasteiger partial charge in [-0.05, 0) is 21.2 Å². The molecule has 0 fully saturated rings. The van der Waals surface area contributed by atoms with Gasteiger partial charge in [0.25, 0.3) is 0 Å². The first-order valence-electron chi connectivity index (χ1n) is 2.11. The molecule has 0 heterocycles. The number of hydrogen-bond acceptors (Lipinski definition) is 1. The van der Waals surface area contributed by atoms with Crippen LogP contribution in [0.4, 0.5) is 13.2 Å². The van der Waals surface area contributed by atoms with Crippen LogP contribution in [0.3, 0.4) is 0 Å². The fourth-order valence-electron chi connectivity index (χ4n) is 0.223. The standard InChI is InChI=1S/C4H4F3IS/c5-3(4(6)7)1-2-9-8/h1-2H2. The van der Waals surface area contributed by atoms with Crippen molar-refractivity contribution in [2.24, 2.45) is 0 Å². The monoisotopic (exact) mass is 268 g/mol. The maximum absolute atomic E-state index is 11.8. The van der Waals surface area contributed by atoms with Gasteiger partial charge in [-0.1, -0.05) is 8.93 Å². The molecule has 0 aromatic carbocycles. The number of hydrogen-bond donors (Lipinski definition) is 0. The summed E-state index contributed by atoms with van der Waals surface area (Å²) in [4.78, 5) is 0.